The first kappa shape index (κ1) is 22.8. The van der Waals surface area contributed by atoms with Crippen molar-refractivity contribution in [1.29, 1.82) is 0 Å². The number of ether oxygens (including phenoxy) is 4. The Hall–Kier alpha value is -3.39. The van der Waals surface area contributed by atoms with E-state index in [1.807, 2.05) is 36.4 Å². The van der Waals surface area contributed by atoms with E-state index in [0.29, 0.717) is 30.7 Å². The van der Waals surface area contributed by atoms with Crippen LogP contribution >= 0.6 is 0 Å². The average molecular weight is 453 g/mol. The second-order valence-electron chi connectivity index (χ2n) is 8.56. The summed E-state index contributed by atoms with van der Waals surface area (Å²) in [5.74, 6) is -3.81. The van der Waals surface area contributed by atoms with Gasteiger partial charge in [-0.3, -0.25) is 0 Å². The predicted octanol–water partition coefficient (Wildman–Crippen LogP) is 2.76. The number of carbonyl (C=O) groups is 3. The van der Waals surface area contributed by atoms with Gasteiger partial charge in [0.2, 0.25) is 0 Å². The topological polar surface area (TPSA) is 100 Å². The molecule has 4 rings (SSSR count). The summed E-state index contributed by atoms with van der Waals surface area (Å²) in [6, 6.07) is 14.5. The molecule has 174 valence electrons. The number of nitrogens with one attached hydrogen (secondary N) is 1. The van der Waals surface area contributed by atoms with E-state index < -0.39 is 35.3 Å². The summed E-state index contributed by atoms with van der Waals surface area (Å²) in [6.07, 6.45) is 1.27. The van der Waals surface area contributed by atoms with Crippen LogP contribution in [0.25, 0.3) is 0 Å². The highest BCUT2D eigenvalue weighted by Crippen LogP contribution is 2.44. The number of rotatable bonds is 7. The molecule has 1 spiro atoms. The molecule has 0 bridgehead atoms. The molecule has 1 unspecified atom stereocenters. The molecule has 1 heterocycles. The normalized spacial score (nSPS) is 18.9. The highest BCUT2D eigenvalue weighted by atomic mass is 16.8. The third kappa shape index (κ3) is 4.43. The van der Waals surface area contributed by atoms with Crippen molar-refractivity contribution >= 4 is 17.9 Å². The fraction of sp³-hybridized carbons (Fsp3) is 0.400. The van der Waals surface area contributed by atoms with E-state index in [9.17, 15) is 14.4 Å². The van der Waals surface area contributed by atoms with Crippen LogP contribution < -0.4 is 10.1 Å². The van der Waals surface area contributed by atoms with Crippen molar-refractivity contribution in [2.45, 2.75) is 57.6 Å². The number of esters is 3. The van der Waals surface area contributed by atoms with Crippen LogP contribution in [0.3, 0.4) is 0 Å². The summed E-state index contributed by atoms with van der Waals surface area (Å²) >= 11 is 0. The maximum Gasteiger partial charge on any atom is 0.421 e. The summed E-state index contributed by atoms with van der Waals surface area (Å²) in [7, 11) is 0. The van der Waals surface area contributed by atoms with Gasteiger partial charge in [0.25, 0.3) is 5.79 Å². The van der Waals surface area contributed by atoms with Gasteiger partial charge in [0.15, 0.2) is 5.60 Å². The van der Waals surface area contributed by atoms with Crippen molar-refractivity contribution in [2.75, 3.05) is 6.61 Å². The number of hydrogen-bond donors (Lipinski definition) is 1. The Morgan fingerprint density at radius 2 is 1.82 bits per heavy atom. The van der Waals surface area contributed by atoms with Gasteiger partial charge in [-0.15, -0.1) is 0 Å². The number of aryl methyl sites for hydroxylation is 1. The van der Waals surface area contributed by atoms with Gasteiger partial charge in [-0.05, 0) is 56.9 Å². The zero-order chi connectivity index (χ0) is 23.6. The minimum absolute atomic E-state index is 0.236. The molecule has 0 saturated carbocycles. The Morgan fingerprint density at radius 3 is 2.48 bits per heavy atom. The van der Waals surface area contributed by atoms with E-state index in [-0.39, 0.29) is 6.61 Å². The molecular weight excluding hydrogens is 426 g/mol. The van der Waals surface area contributed by atoms with E-state index >= 15 is 0 Å². The molecule has 8 nitrogen and oxygen atoms in total. The molecule has 8 heteroatoms. The van der Waals surface area contributed by atoms with Crippen molar-refractivity contribution < 1.29 is 33.3 Å². The second kappa shape index (κ2) is 8.86. The molecule has 2 aliphatic rings. The third-order valence-electron chi connectivity index (χ3n) is 5.81. The van der Waals surface area contributed by atoms with Gasteiger partial charge >= 0.3 is 17.9 Å². The first-order valence-corrected chi connectivity index (χ1v) is 11.0. The van der Waals surface area contributed by atoms with E-state index in [2.05, 4.69) is 5.32 Å². The molecule has 0 aromatic heterocycles. The maximum absolute atomic E-state index is 12.3. The van der Waals surface area contributed by atoms with Gasteiger partial charge < -0.3 is 24.3 Å². The minimum Gasteiger partial charge on any atom is -0.476 e. The van der Waals surface area contributed by atoms with Crippen LogP contribution in [0.15, 0.2) is 48.5 Å². The van der Waals surface area contributed by atoms with E-state index in [1.54, 1.807) is 32.9 Å². The van der Waals surface area contributed by atoms with E-state index in [4.69, 9.17) is 18.9 Å². The van der Waals surface area contributed by atoms with Crippen LogP contribution in [0.5, 0.6) is 5.75 Å². The van der Waals surface area contributed by atoms with Gasteiger partial charge in [-0.25, -0.2) is 14.4 Å². The van der Waals surface area contributed by atoms with Crippen molar-refractivity contribution in [1.82, 2.24) is 5.32 Å². The second-order valence-corrected chi connectivity index (χ2v) is 8.56. The first-order chi connectivity index (χ1) is 15.7. The lowest BCUT2D eigenvalue weighted by molar-refractivity contribution is -0.201. The molecule has 1 aliphatic heterocycles. The van der Waals surface area contributed by atoms with Crippen molar-refractivity contribution in [3.8, 4) is 5.75 Å². The van der Waals surface area contributed by atoms with Crippen LogP contribution in [0, 0.1) is 0 Å². The fourth-order valence-electron chi connectivity index (χ4n) is 4.19. The Bertz CT molecular complexity index is 1050. The summed E-state index contributed by atoms with van der Waals surface area (Å²) < 4.78 is 22.2. The van der Waals surface area contributed by atoms with Crippen LogP contribution in [0.1, 0.15) is 43.9 Å². The molecule has 33 heavy (non-hydrogen) atoms. The van der Waals surface area contributed by atoms with Crippen molar-refractivity contribution in [3.05, 3.63) is 65.2 Å². The predicted molar refractivity (Wildman–Crippen MR) is 117 cm³/mol. The molecule has 1 N–H and O–H groups in total. The van der Waals surface area contributed by atoms with Gasteiger partial charge in [0.05, 0.1) is 12.6 Å². The fourth-order valence-corrected chi connectivity index (χ4v) is 4.19. The molecule has 1 aliphatic carbocycles. The van der Waals surface area contributed by atoms with Crippen molar-refractivity contribution in [2.24, 2.45) is 0 Å². The van der Waals surface area contributed by atoms with Gasteiger partial charge in [0, 0.05) is 12.1 Å². The maximum atomic E-state index is 12.3. The molecule has 0 radical (unpaired) electrons. The SMILES string of the molecule is CCOC(=O)C(C)(C)Oc1ccc2c(c1)C1(OC(=O)C(=O)O1)C(NCc1ccccc1)CC2. The standard InChI is InChI=1S/C25H27NO7/c1-4-30-23(29)24(2,3)31-18-12-10-17-11-13-20(26-15-16-8-6-5-7-9-16)25(19(17)14-18)32-21(27)22(28)33-25/h5-10,12,14,20,26H,4,11,13,15H2,1-3H3. The molecule has 0 amide bonds. The zero-order valence-electron chi connectivity index (χ0n) is 18.9. The zero-order valence-corrected chi connectivity index (χ0v) is 18.9. The first-order valence-electron chi connectivity index (χ1n) is 11.0. The van der Waals surface area contributed by atoms with Crippen LogP contribution in [-0.4, -0.2) is 36.2 Å². The molecule has 2 aromatic carbocycles. The van der Waals surface area contributed by atoms with Crippen LogP contribution in [0.2, 0.25) is 0 Å². The number of hydrogen-bond acceptors (Lipinski definition) is 8. The summed E-state index contributed by atoms with van der Waals surface area (Å²) in [6.45, 7) is 5.69. The van der Waals surface area contributed by atoms with Gasteiger partial charge in [0.1, 0.15) is 5.75 Å². The molecule has 1 saturated heterocycles. The lowest BCUT2D eigenvalue weighted by atomic mass is 9.82. The summed E-state index contributed by atoms with van der Waals surface area (Å²) in [5.41, 5.74) is 1.20. The van der Waals surface area contributed by atoms with Gasteiger partial charge in [-0.2, -0.15) is 0 Å². The number of fused-ring (bicyclic) bond motifs is 2. The van der Waals surface area contributed by atoms with Crippen LogP contribution in [-0.2, 0) is 47.3 Å². The average Bonchev–Trinajstić information content (AvgIpc) is 3.09. The summed E-state index contributed by atoms with van der Waals surface area (Å²) in [5, 5.41) is 3.39. The summed E-state index contributed by atoms with van der Waals surface area (Å²) in [4.78, 5) is 36.5. The van der Waals surface area contributed by atoms with E-state index in [0.717, 1.165) is 11.1 Å². The largest absolute Gasteiger partial charge is 0.476 e. The lowest BCUT2D eigenvalue weighted by Crippen LogP contribution is -2.52. The van der Waals surface area contributed by atoms with Crippen LogP contribution in [0.4, 0.5) is 0 Å². The number of benzene rings is 2. The Morgan fingerprint density at radius 1 is 1.12 bits per heavy atom. The van der Waals surface area contributed by atoms with E-state index in [1.165, 1.54) is 0 Å². The monoisotopic (exact) mass is 453 g/mol. The molecular formula is C25H27NO7. The number of carbonyl (C=O) groups excluding carboxylic acids is 3. The molecule has 1 atom stereocenters. The van der Waals surface area contributed by atoms with Gasteiger partial charge in [-0.1, -0.05) is 36.4 Å². The highest BCUT2D eigenvalue weighted by Gasteiger charge is 2.58. The molecule has 2 aromatic rings. The quantitative estimate of drug-likeness (QED) is 0.505. The minimum atomic E-state index is -1.61. The Balaban J connectivity index is 1.66. The van der Waals surface area contributed by atoms with Crippen molar-refractivity contribution in [3.63, 3.8) is 0 Å². The third-order valence-corrected chi connectivity index (χ3v) is 5.81. The Kier molecular flexibility index (Phi) is 6.12. The molecule has 1 fully saturated rings. The lowest BCUT2D eigenvalue weighted by Gasteiger charge is -2.39. The Labute approximate surface area is 192 Å². The highest BCUT2D eigenvalue weighted by molar-refractivity contribution is 6.31. The smallest absolute Gasteiger partial charge is 0.421 e.